The minimum absolute atomic E-state index is 0.366. The number of rotatable bonds is 2. The molecular formula is C14H21NO. The maximum absolute atomic E-state index is 6.00. The molecule has 1 aliphatic rings. The Labute approximate surface area is 97.8 Å². The molecular weight excluding hydrogens is 198 g/mol. The molecule has 2 nitrogen and oxygen atoms in total. The highest BCUT2D eigenvalue weighted by Crippen LogP contribution is 2.26. The van der Waals surface area contributed by atoms with E-state index in [4.69, 9.17) is 10.5 Å². The minimum atomic E-state index is 0.366. The molecule has 1 fully saturated rings. The van der Waals surface area contributed by atoms with Crippen molar-refractivity contribution >= 4 is 5.69 Å². The van der Waals surface area contributed by atoms with Crippen LogP contribution in [0.2, 0.25) is 0 Å². The summed E-state index contributed by atoms with van der Waals surface area (Å²) >= 11 is 0. The maximum atomic E-state index is 6.00. The highest BCUT2D eigenvalue weighted by Gasteiger charge is 2.13. The molecule has 0 unspecified atom stereocenters. The molecule has 16 heavy (non-hydrogen) atoms. The Bertz CT molecular complexity index is 316. The average molecular weight is 219 g/mol. The van der Waals surface area contributed by atoms with Crippen molar-refractivity contribution in [1.29, 1.82) is 0 Å². The Morgan fingerprint density at radius 2 is 1.56 bits per heavy atom. The predicted molar refractivity (Wildman–Crippen MR) is 67.6 cm³/mol. The van der Waals surface area contributed by atoms with E-state index in [0.29, 0.717) is 6.10 Å². The summed E-state index contributed by atoms with van der Waals surface area (Å²) in [4.78, 5) is 0. The van der Waals surface area contributed by atoms with Crippen LogP contribution in [0.3, 0.4) is 0 Å². The molecule has 1 aromatic rings. The number of nitrogen functional groups attached to an aromatic ring is 1. The summed E-state index contributed by atoms with van der Waals surface area (Å²) in [6.07, 6.45) is 9.39. The molecule has 1 aliphatic carbocycles. The number of benzene rings is 1. The van der Waals surface area contributed by atoms with E-state index < -0.39 is 0 Å². The third-order valence-corrected chi connectivity index (χ3v) is 3.26. The van der Waals surface area contributed by atoms with Crippen LogP contribution < -0.4 is 10.5 Å². The Balaban J connectivity index is 1.94. The van der Waals surface area contributed by atoms with Crippen molar-refractivity contribution < 1.29 is 4.74 Å². The van der Waals surface area contributed by atoms with Crippen molar-refractivity contribution in [2.24, 2.45) is 0 Å². The first-order valence-electron chi connectivity index (χ1n) is 6.37. The first kappa shape index (κ1) is 11.3. The predicted octanol–water partition coefficient (Wildman–Crippen LogP) is 3.76. The molecule has 0 aromatic heterocycles. The van der Waals surface area contributed by atoms with Crippen LogP contribution in [0.25, 0.3) is 0 Å². The van der Waals surface area contributed by atoms with E-state index >= 15 is 0 Å². The van der Waals surface area contributed by atoms with Gasteiger partial charge < -0.3 is 10.5 Å². The van der Waals surface area contributed by atoms with Gasteiger partial charge in [-0.1, -0.05) is 31.4 Å². The van der Waals surface area contributed by atoms with Gasteiger partial charge >= 0.3 is 0 Å². The van der Waals surface area contributed by atoms with Crippen molar-refractivity contribution in [3.8, 4) is 5.75 Å². The number of para-hydroxylation sites is 2. The van der Waals surface area contributed by atoms with E-state index in [9.17, 15) is 0 Å². The average Bonchev–Trinajstić information content (AvgIpc) is 2.24. The Kier molecular flexibility index (Phi) is 4.09. The number of hydrogen-bond acceptors (Lipinski definition) is 2. The van der Waals surface area contributed by atoms with Gasteiger partial charge in [-0.25, -0.2) is 0 Å². The standard InChI is InChI=1S/C14H21NO/c15-13-10-6-7-11-14(13)16-12-8-4-2-1-3-5-9-12/h6-7,10-12H,1-5,8-9,15H2. The second kappa shape index (κ2) is 5.78. The largest absolute Gasteiger partial charge is 0.488 e. The maximum Gasteiger partial charge on any atom is 0.142 e. The minimum Gasteiger partial charge on any atom is -0.488 e. The Morgan fingerprint density at radius 3 is 2.25 bits per heavy atom. The zero-order chi connectivity index (χ0) is 11.2. The molecule has 88 valence electrons. The van der Waals surface area contributed by atoms with Gasteiger partial charge in [-0.3, -0.25) is 0 Å². The van der Waals surface area contributed by atoms with Crippen LogP contribution in [0, 0.1) is 0 Å². The molecule has 0 amide bonds. The summed E-state index contributed by atoms with van der Waals surface area (Å²) in [5.74, 6) is 0.855. The molecule has 0 bridgehead atoms. The summed E-state index contributed by atoms with van der Waals surface area (Å²) < 4.78 is 6.00. The Hall–Kier alpha value is -1.18. The molecule has 1 aromatic carbocycles. The van der Waals surface area contributed by atoms with E-state index in [1.54, 1.807) is 0 Å². The molecule has 0 heterocycles. The highest BCUT2D eigenvalue weighted by molar-refractivity contribution is 5.51. The Morgan fingerprint density at radius 1 is 0.938 bits per heavy atom. The first-order valence-corrected chi connectivity index (χ1v) is 6.37. The first-order chi connectivity index (χ1) is 7.86. The molecule has 2 N–H and O–H groups in total. The summed E-state index contributed by atoms with van der Waals surface area (Å²) in [7, 11) is 0. The van der Waals surface area contributed by atoms with Crippen molar-refractivity contribution in [1.82, 2.24) is 0 Å². The lowest BCUT2D eigenvalue weighted by molar-refractivity contribution is 0.167. The molecule has 2 heteroatoms. The number of hydrogen-bond donors (Lipinski definition) is 1. The number of ether oxygens (including phenoxy) is 1. The quantitative estimate of drug-likeness (QED) is 0.769. The van der Waals surface area contributed by atoms with Crippen molar-refractivity contribution in [2.45, 2.75) is 51.0 Å². The van der Waals surface area contributed by atoms with Gasteiger partial charge in [0.25, 0.3) is 0 Å². The fourth-order valence-corrected chi connectivity index (χ4v) is 2.30. The van der Waals surface area contributed by atoms with Crippen molar-refractivity contribution in [3.05, 3.63) is 24.3 Å². The van der Waals surface area contributed by atoms with Gasteiger partial charge in [0.1, 0.15) is 5.75 Å². The third-order valence-electron chi connectivity index (χ3n) is 3.26. The summed E-state index contributed by atoms with van der Waals surface area (Å²) in [6.45, 7) is 0. The summed E-state index contributed by atoms with van der Waals surface area (Å²) in [5.41, 5.74) is 6.64. The molecule has 0 aliphatic heterocycles. The highest BCUT2D eigenvalue weighted by atomic mass is 16.5. The van der Waals surface area contributed by atoms with E-state index in [-0.39, 0.29) is 0 Å². The van der Waals surface area contributed by atoms with E-state index in [2.05, 4.69) is 0 Å². The van der Waals surface area contributed by atoms with Crippen LogP contribution in [0.1, 0.15) is 44.9 Å². The van der Waals surface area contributed by atoms with Crippen LogP contribution in [0.4, 0.5) is 5.69 Å². The van der Waals surface area contributed by atoms with Crippen LogP contribution in [-0.2, 0) is 0 Å². The molecule has 0 spiro atoms. The zero-order valence-electron chi connectivity index (χ0n) is 9.82. The van der Waals surface area contributed by atoms with Gasteiger partial charge in [-0.15, -0.1) is 0 Å². The zero-order valence-corrected chi connectivity index (χ0v) is 9.82. The molecule has 1 saturated carbocycles. The second-order valence-electron chi connectivity index (χ2n) is 4.62. The van der Waals surface area contributed by atoms with Gasteiger partial charge in [-0.05, 0) is 37.8 Å². The molecule has 2 rings (SSSR count). The van der Waals surface area contributed by atoms with E-state index in [0.717, 1.165) is 11.4 Å². The van der Waals surface area contributed by atoms with Crippen molar-refractivity contribution in [3.63, 3.8) is 0 Å². The number of nitrogens with two attached hydrogens (primary N) is 1. The topological polar surface area (TPSA) is 35.2 Å². The van der Waals surface area contributed by atoms with Gasteiger partial charge in [0.2, 0.25) is 0 Å². The SMILES string of the molecule is Nc1ccccc1OC1CCCCCCC1. The lowest BCUT2D eigenvalue weighted by Crippen LogP contribution is -2.18. The second-order valence-corrected chi connectivity index (χ2v) is 4.62. The lowest BCUT2D eigenvalue weighted by atomic mass is 9.98. The fraction of sp³-hybridized carbons (Fsp3) is 0.571. The van der Waals surface area contributed by atoms with Crippen LogP contribution in [0.15, 0.2) is 24.3 Å². The van der Waals surface area contributed by atoms with Crippen LogP contribution >= 0.6 is 0 Å². The lowest BCUT2D eigenvalue weighted by Gasteiger charge is -2.22. The molecule has 0 radical (unpaired) electrons. The van der Waals surface area contributed by atoms with Gasteiger partial charge in [-0.2, -0.15) is 0 Å². The smallest absolute Gasteiger partial charge is 0.142 e. The molecule has 0 saturated heterocycles. The van der Waals surface area contributed by atoms with E-state index in [1.165, 1.54) is 44.9 Å². The monoisotopic (exact) mass is 219 g/mol. The van der Waals surface area contributed by atoms with Crippen molar-refractivity contribution in [2.75, 3.05) is 5.73 Å². The third kappa shape index (κ3) is 3.16. The van der Waals surface area contributed by atoms with Gasteiger partial charge in [0.05, 0.1) is 11.8 Å². The fourth-order valence-electron chi connectivity index (χ4n) is 2.30. The summed E-state index contributed by atoms with van der Waals surface area (Å²) in [6, 6.07) is 7.79. The summed E-state index contributed by atoms with van der Waals surface area (Å²) in [5, 5.41) is 0. The van der Waals surface area contributed by atoms with Crippen LogP contribution in [-0.4, -0.2) is 6.10 Å². The van der Waals surface area contributed by atoms with E-state index in [1.807, 2.05) is 24.3 Å². The molecule has 0 atom stereocenters. The number of anilines is 1. The normalized spacial score (nSPS) is 18.8. The van der Waals surface area contributed by atoms with Gasteiger partial charge in [0, 0.05) is 0 Å². The van der Waals surface area contributed by atoms with Gasteiger partial charge in [0.15, 0.2) is 0 Å². The van der Waals surface area contributed by atoms with Crippen LogP contribution in [0.5, 0.6) is 5.75 Å².